The van der Waals surface area contributed by atoms with Crippen LogP contribution in [0.3, 0.4) is 0 Å². The van der Waals surface area contributed by atoms with Crippen molar-refractivity contribution in [1.82, 2.24) is 0 Å². The highest BCUT2D eigenvalue weighted by atomic mass is 16.5. The zero-order valence-electron chi connectivity index (χ0n) is 10.0. The quantitative estimate of drug-likeness (QED) is 0.798. The Bertz CT molecular complexity index is 345. The molecule has 0 atom stereocenters. The Morgan fingerprint density at radius 1 is 1.38 bits per heavy atom. The van der Waals surface area contributed by atoms with Gasteiger partial charge in [0.1, 0.15) is 5.75 Å². The smallest absolute Gasteiger partial charge is 0.122 e. The minimum atomic E-state index is 0.683. The van der Waals surface area contributed by atoms with Crippen molar-refractivity contribution in [3.8, 4) is 5.75 Å². The highest BCUT2D eigenvalue weighted by molar-refractivity contribution is 5.37. The van der Waals surface area contributed by atoms with Gasteiger partial charge in [-0.15, -0.1) is 0 Å². The van der Waals surface area contributed by atoms with Gasteiger partial charge >= 0.3 is 0 Å². The zero-order valence-corrected chi connectivity index (χ0v) is 10.0. The summed E-state index contributed by atoms with van der Waals surface area (Å²) in [5.41, 5.74) is 8.14. The molecule has 0 aromatic heterocycles. The van der Waals surface area contributed by atoms with E-state index in [2.05, 4.69) is 25.1 Å². The van der Waals surface area contributed by atoms with Crippen LogP contribution < -0.4 is 10.5 Å². The standard InChI is InChI=1S/C14H21NO/c1-11-2-5-14(13(10-11)6-8-15)16-9-7-12-3-4-12/h2,5,10,12H,3-4,6-9,15H2,1H3. The summed E-state index contributed by atoms with van der Waals surface area (Å²) in [5.74, 6) is 1.96. The van der Waals surface area contributed by atoms with E-state index in [9.17, 15) is 0 Å². The summed E-state index contributed by atoms with van der Waals surface area (Å²) in [6.07, 6.45) is 4.90. The second kappa shape index (κ2) is 5.35. The SMILES string of the molecule is Cc1ccc(OCCC2CC2)c(CCN)c1. The molecule has 0 saturated heterocycles. The number of hydrogen-bond acceptors (Lipinski definition) is 2. The summed E-state index contributed by atoms with van der Waals surface area (Å²) in [7, 11) is 0. The van der Waals surface area contributed by atoms with E-state index in [-0.39, 0.29) is 0 Å². The van der Waals surface area contributed by atoms with Crippen LogP contribution in [0.2, 0.25) is 0 Å². The average Bonchev–Trinajstić information content (AvgIpc) is 3.06. The van der Waals surface area contributed by atoms with Crippen LogP contribution >= 0.6 is 0 Å². The summed E-state index contributed by atoms with van der Waals surface area (Å²) in [6.45, 7) is 3.64. The van der Waals surface area contributed by atoms with Gasteiger partial charge in [0.2, 0.25) is 0 Å². The van der Waals surface area contributed by atoms with E-state index >= 15 is 0 Å². The number of ether oxygens (including phenoxy) is 1. The van der Waals surface area contributed by atoms with Gasteiger partial charge in [0, 0.05) is 0 Å². The molecule has 1 aliphatic carbocycles. The van der Waals surface area contributed by atoms with E-state index in [0.717, 1.165) is 24.7 Å². The van der Waals surface area contributed by atoms with Gasteiger partial charge in [0.05, 0.1) is 6.61 Å². The Morgan fingerprint density at radius 2 is 2.19 bits per heavy atom. The molecule has 0 aliphatic heterocycles. The third-order valence-corrected chi connectivity index (χ3v) is 3.11. The molecule has 0 radical (unpaired) electrons. The van der Waals surface area contributed by atoms with E-state index < -0.39 is 0 Å². The molecule has 0 heterocycles. The molecule has 88 valence electrons. The molecule has 0 spiro atoms. The molecule has 0 bridgehead atoms. The Balaban J connectivity index is 1.93. The average molecular weight is 219 g/mol. The Morgan fingerprint density at radius 3 is 2.88 bits per heavy atom. The van der Waals surface area contributed by atoms with Crippen LogP contribution in [0.25, 0.3) is 0 Å². The molecular formula is C14H21NO. The van der Waals surface area contributed by atoms with Crippen molar-refractivity contribution in [3.05, 3.63) is 29.3 Å². The number of rotatable bonds is 6. The highest BCUT2D eigenvalue weighted by Gasteiger charge is 2.20. The Kier molecular flexibility index (Phi) is 3.83. The van der Waals surface area contributed by atoms with Gasteiger partial charge in [-0.1, -0.05) is 30.5 Å². The van der Waals surface area contributed by atoms with Gasteiger partial charge in [-0.05, 0) is 43.9 Å². The van der Waals surface area contributed by atoms with Gasteiger partial charge in [-0.2, -0.15) is 0 Å². The van der Waals surface area contributed by atoms with Crippen LogP contribution in [0.5, 0.6) is 5.75 Å². The van der Waals surface area contributed by atoms with Crippen molar-refractivity contribution in [3.63, 3.8) is 0 Å². The van der Waals surface area contributed by atoms with Crippen LogP contribution in [0.1, 0.15) is 30.4 Å². The molecule has 0 amide bonds. The van der Waals surface area contributed by atoms with Gasteiger partial charge in [-0.3, -0.25) is 0 Å². The molecule has 0 unspecified atom stereocenters. The van der Waals surface area contributed by atoms with Gasteiger partial charge in [0.25, 0.3) is 0 Å². The maximum absolute atomic E-state index is 5.84. The van der Waals surface area contributed by atoms with E-state index in [4.69, 9.17) is 10.5 Å². The van der Waals surface area contributed by atoms with E-state index in [1.807, 2.05) is 0 Å². The van der Waals surface area contributed by atoms with Crippen molar-refractivity contribution in [2.75, 3.05) is 13.2 Å². The van der Waals surface area contributed by atoms with Gasteiger partial charge in [0.15, 0.2) is 0 Å². The monoisotopic (exact) mass is 219 g/mol. The molecule has 16 heavy (non-hydrogen) atoms. The second-order valence-electron chi connectivity index (χ2n) is 4.73. The fourth-order valence-electron chi connectivity index (χ4n) is 1.94. The third-order valence-electron chi connectivity index (χ3n) is 3.11. The first-order chi connectivity index (χ1) is 7.79. The molecular weight excluding hydrogens is 198 g/mol. The lowest BCUT2D eigenvalue weighted by Crippen LogP contribution is -2.06. The van der Waals surface area contributed by atoms with Crippen LogP contribution in [0, 0.1) is 12.8 Å². The molecule has 2 nitrogen and oxygen atoms in total. The second-order valence-corrected chi connectivity index (χ2v) is 4.73. The van der Waals surface area contributed by atoms with E-state index in [1.165, 1.54) is 30.4 Å². The lowest BCUT2D eigenvalue weighted by atomic mass is 10.1. The molecule has 1 fully saturated rings. The lowest BCUT2D eigenvalue weighted by molar-refractivity contribution is 0.299. The lowest BCUT2D eigenvalue weighted by Gasteiger charge is -2.11. The fourth-order valence-corrected chi connectivity index (χ4v) is 1.94. The number of benzene rings is 1. The van der Waals surface area contributed by atoms with E-state index in [0.29, 0.717) is 6.54 Å². The molecule has 1 aromatic carbocycles. The van der Waals surface area contributed by atoms with Crippen LogP contribution in [-0.2, 0) is 6.42 Å². The minimum Gasteiger partial charge on any atom is -0.493 e. The summed E-state index contributed by atoms with van der Waals surface area (Å²) >= 11 is 0. The summed E-state index contributed by atoms with van der Waals surface area (Å²) in [6, 6.07) is 6.36. The first-order valence-corrected chi connectivity index (χ1v) is 6.22. The predicted molar refractivity (Wildman–Crippen MR) is 66.8 cm³/mol. The number of nitrogens with two attached hydrogens (primary N) is 1. The van der Waals surface area contributed by atoms with Crippen molar-refractivity contribution < 1.29 is 4.74 Å². The van der Waals surface area contributed by atoms with Crippen molar-refractivity contribution in [1.29, 1.82) is 0 Å². The predicted octanol–water partition coefficient (Wildman–Crippen LogP) is 2.68. The van der Waals surface area contributed by atoms with Gasteiger partial charge in [-0.25, -0.2) is 0 Å². The fraction of sp³-hybridized carbons (Fsp3) is 0.571. The summed E-state index contributed by atoms with van der Waals surface area (Å²) in [4.78, 5) is 0. The molecule has 2 N–H and O–H groups in total. The Hall–Kier alpha value is -1.02. The third kappa shape index (κ3) is 3.24. The molecule has 1 aromatic rings. The molecule has 1 saturated carbocycles. The molecule has 1 aliphatic rings. The van der Waals surface area contributed by atoms with Crippen LogP contribution in [-0.4, -0.2) is 13.2 Å². The number of hydrogen-bond donors (Lipinski definition) is 1. The van der Waals surface area contributed by atoms with Crippen LogP contribution in [0.15, 0.2) is 18.2 Å². The minimum absolute atomic E-state index is 0.683. The van der Waals surface area contributed by atoms with Crippen molar-refractivity contribution in [2.45, 2.75) is 32.6 Å². The Labute approximate surface area is 97.8 Å². The zero-order chi connectivity index (χ0) is 11.4. The topological polar surface area (TPSA) is 35.2 Å². The normalized spacial score (nSPS) is 15.1. The first-order valence-electron chi connectivity index (χ1n) is 6.22. The first kappa shape index (κ1) is 11.5. The maximum atomic E-state index is 5.84. The maximum Gasteiger partial charge on any atom is 0.122 e. The van der Waals surface area contributed by atoms with Crippen molar-refractivity contribution in [2.24, 2.45) is 11.7 Å². The van der Waals surface area contributed by atoms with E-state index in [1.54, 1.807) is 0 Å². The molecule has 2 heteroatoms. The number of aryl methyl sites for hydroxylation is 1. The molecule has 2 rings (SSSR count). The summed E-state index contributed by atoms with van der Waals surface area (Å²) in [5, 5.41) is 0. The van der Waals surface area contributed by atoms with Crippen LogP contribution in [0.4, 0.5) is 0 Å². The van der Waals surface area contributed by atoms with Crippen molar-refractivity contribution >= 4 is 0 Å². The largest absolute Gasteiger partial charge is 0.493 e. The summed E-state index contributed by atoms with van der Waals surface area (Å²) < 4.78 is 5.84. The van der Waals surface area contributed by atoms with Gasteiger partial charge < -0.3 is 10.5 Å². The highest BCUT2D eigenvalue weighted by Crippen LogP contribution is 2.32.